The molecule has 1 saturated heterocycles. The van der Waals surface area contributed by atoms with Crippen molar-refractivity contribution in [2.45, 2.75) is 32.2 Å². The molecule has 1 amide bonds. The summed E-state index contributed by atoms with van der Waals surface area (Å²) in [4.78, 5) is 11.0. The first kappa shape index (κ1) is 14.3. The Morgan fingerprint density at radius 1 is 1.50 bits per heavy atom. The second-order valence-corrected chi connectivity index (χ2v) is 2.96. The molecular weight excluding hydrogens is 176 g/mol. The van der Waals surface area contributed by atoms with E-state index in [-0.39, 0.29) is 18.8 Å². The number of carbonyl (C=O) groups excluding carboxylic acids is 1. The summed E-state index contributed by atoms with van der Waals surface area (Å²) in [5, 5.41) is 0. The minimum Gasteiger partial charge on any atom is -0.372 e. The molecule has 4 heteroatoms. The van der Waals surface area contributed by atoms with Crippen LogP contribution in [0, 0.1) is 0 Å². The van der Waals surface area contributed by atoms with E-state index in [0.29, 0.717) is 0 Å². The summed E-state index contributed by atoms with van der Waals surface area (Å²) in [7, 11) is 2.21. The maximum absolute atomic E-state index is 8.58. The van der Waals surface area contributed by atoms with Crippen LogP contribution in [0.3, 0.4) is 0 Å². The van der Waals surface area contributed by atoms with Gasteiger partial charge in [-0.25, -0.2) is 0 Å². The second-order valence-electron chi connectivity index (χ2n) is 2.96. The molecule has 0 aromatic heterocycles. The van der Waals surface area contributed by atoms with E-state index in [4.69, 9.17) is 4.79 Å². The topological polar surface area (TPSA) is 46.3 Å². The van der Waals surface area contributed by atoms with E-state index in [9.17, 15) is 0 Å². The number of nitrogens with two attached hydrogens (primary N) is 1. The average molecular weight is 195 g/mol. The van der Waals surface area contributed by atoms with Crippen LogP contribution in [0.5, 0.6) is 0 Å². The Balaban J connectivity index is 0. The van der Waals surface area contributed by atoms with Gasteiger partial charge >= 0.3 is 0 Å². The molecule has 0 spiro atoms. The lowest BCUT2D eigenvalue weighted by molar-refractivity contribution is -0.106. The minimum atomic E-state index is 0. The lowest BCUT2D eigenvalue weighted by Crippen LogP contribution is -2.33. The number of carbonyl (C=O) groups is 1. The summed E-state index contributed by atoms with van der Waals surface area (Å²) in [6.07, 6.45) is 4.49. The number of rotatable bonds is 0. The third kappa shape index (κ3) is 6.43. The van der Waals surface area contributed by atoms with Gasteiger partial charge in [-0.05, 0) is 33.4 Å². The van der Waals surface area contributed by atoms with Crippen molar-refractivity contribution in [2.75, 3.05) is 13.6 Å². The molecule has 1 atom stereocenters. The number of amides is 1. The van der Waals surface area contributed by atoms with Crippen LogP contribution < -0.4 is 5.73 Å². The highest BCUT2D eigenvalue weighted by atomic mass is 35.5. The van der Waals surface area contributed by atoms with E-state index in [2.05, 4.69) is 24.6 Å². The molecule has 74 valence electrons. The summed E-state index contributed by atoms with van der Waals surface area (Å²) >= 11 is 0. The van der Waals surface area contributed by atoms with Gasteiger partial charge in [-0.3, -0.25) is 4.79 Å². The number of hydrogen-bond acceptors (Lipinski definition) is 2. The van der Waals surface area contributed by atoms with Crippen LogP contribution >= 0.6 is 12.4 Å². The van der Waals surface area contributed by atoms with Crippen LogP contribution in [0.1, 0.15) is 26.2 Å². The zero-order valence-corrected chi connectivity index (χ0v) is 8.64. The van der Waals surface area contributed by atoms with E-state index in [0.717, 1.165) is 6.04 Å². The number of piperidine rings is 1. The Kier molecular flexibility index (Phi) is 10.5. The molecule has 1 fully saturated rings. The maximum atomic E-state index is 8.58. The van der Waals surface area contributed by atoms with Crippen LogP contribution in [0.15, 0.2) is 0 Å². The van der Waals surface area contributed by atoms with E-state index in [1.807, 2.05) is 0 Å². The van der Waals surface area contributed by atoms with Gasteiger partial charge in [-0.1, -0.05) is 6.42 Å². The molecule has 0 saturated carbocycles. The highest BCUT2D eigenvalue weighted by molar-refractivity contribution is 5.85. The summed E-state index contributed by atoms with van der Waals surface area (Å²) in [5.74, 6) is 0. The first-order valence-corrected chi connectivity index (χ1v) is 4.08. The summed E-state index contributed by atoms with van der Waals surface area (Å²) < 4.78 is 0. The number of halogens is 1. The standard InChI is InChI=1S/C7H15N.CH3NO.ClH/c1-7-5-3-4-6-8(7)2;2-1-3;/h7H,3-6H2,1-2H3;1H,(H2,2,3);1H. The summed E-state index contributed by atoms with van der Waals surface area (Å²) in [6, 6.07) is 0.837. The molecule has 0 aromatic rings. The van der Waals surface area contributed by atoms with Gasteiger partial charge in [0.05, 0.1) is 0 Å². The Morgan fingerprint density at radius 3 is 2.25 bits per heavy atom. The van der Waals surface area contributed by atoms with Crippen molar-refractivity contribution in [3.05, 3.63) is 0 Å². The largest absolute Gasteiger partial charge is 0.372 e. The highest BCUT2D eigenvalue weighted by Gasteiger charge is 2.12. The predicted octanol–water partition coefficient (Wildman–Crippen LogP) is 1.01. The average Bonchev–Trinajstić information content (AvgIpc) is 1.97. The molecule has 2 N–H and O–H groups in total. The Labute approximate surface area is 80.7 Å². The second kappa shape index (κ2) is 8.81. The monoisotopic (exact) mass is 194 g/mol. The fourth-order valence-electron chi connectivity index (χ4n) is 1.24. The maximum Gasteiger partial charge on any atom is 0.204 e. The zero-order chi connectivity index (χ0) is 8.69. The van der Waals surface area contributed by atoms with Crippen molar-refractivity contribution in [1.82, 2.24) is 4.90 Å². The fourth-order valence-corrected chi connectivity index (χ4v) is 1.24. The molecule has 1 aliphatic rings. The third-order valence-corrected chi connectivity index (χ3v) is 2.14. The molecule has 1 rings (SSSR count). The molecule has 1 aliphatic heterocycles. The first-order valence-electron chi connectivity index (χ1n) is 4.08. The van der Waals surface area contributed by atoms with Gasteiger partial charge in [0.1, 0.15) is 0 Å². The van der Waals surface area contributed by atoms with Gasteiger partial charge in [0.2, 0.25) is 6.41 Å². The molecule has 0 radical (unpaired) electrons. The quantitative estimate of drug-likeness (QED) is 0.586. The number of hydrogen-bond donors (Lipinski definition) is 1. The van der Waals surface area contributed by atoms with Crippen LogP contribution in [0.4, 0.5) is 0 Å². The van der Waals surface area contributed by atoms with Crippen molar-refractivity contribution in [1.29, 1.82) is 0 Å². The molecule has 3 nitrogen and oxygen atoms in total. The van der Waals surface area contributed by atoms with Crippen molar-refractivity contribution in [2.24, 2.45) is 5.73 Å². The van der Waals surface area contributed by atoms with Crippen LogP contribution in [-0.2, 0) is 4.79 Å². The molecular formula is C8H19ClN2O. The Bertz CT molecular complexity index is 101. The summed E-state index contributed by atoms with van der Waals surface area (Å²) in [5.41, 5.74) is 4.17. The first-order chi connectivity index (χ1) is 5.22. The van der Waals surface area contributed by atoms with Crippen molar-refractivity contribution in [3.63, 3.8) is 0 Å². The van der Waals surface area contributed by atoms with Gasteiger partial charge < -0.3 is 10.6 Å². The van der Waals surface area contributed by atoms with E-state index in [1.54, 1.807) is 0 Å². The van der Waals surface area contributed by atoms with E-state index >= 15 is 0 Å². The van der Waals surface area contributed by atoms with Crippen LogP contribution in [0.2, 0.25) is 0 Å². The van der Waals surface area contributed by atoms with Gasteiger partial charge in [0.15, 0.2) is 0 Å². The zero-order valence-electron chi connectivity index (χ0n) is 7.82. The Morgan fingerprint density at radius 2 is 2.00 bits per heavy atom. The van der Waals surface area contributed by atoms with Gasteiger partial charge in [0, 0.05) is 6.04 Å². The van der Waals surface area contributed by atoms with Gasteiger partial charge in [-0.15, -0.1) is 12.4 Å². The van der Waals surface area contributed by atoms with Crippen LogP contribution in [0.25, 0.3) is 0 Å². The van der Waals surface area contributed by atoms with Crippen molar-refractivity contribution >= 4 is 18.8 Å². The molecule has 1 heterocycles. The van der Waals surface area contributed by atoms with Crippen molar-refractivity contribution < 1.29 is 4.79 Å². The lowest BCUT2D eigenvalue weighted by atomic mass is 10.1. The highest BCUT2D eigenvalue weighted by Crippen LogP contribution is 2.13. The minimum absolute atomic E-state index is 0. The van der Waals surface area contributed by atoms with E-state index < -0.39 is 0 Å². The smallest absolute Gasteiger partial charge is 0.204 e. The van der Waals surface area contributed by atoms with Gasteiger partial charge in [0.25, 0.3) is 0 Å². The molecule has 0 aliphatic carbocycles. The number of likely N-dealkylation sites (tertiary alicyclic amines) is 1. The molecule has 12 heavy (non-hydrogen) atoms. The molecule has 0 bridgehead atoms. The lowest BCUT2D eigenvalue weighted by Gasteiger charge is -2.29. The fraction of sp³-hybridized carbons (Fsp3) is 0.875. The normalized spacial score (nSPS) is 23.0. The van der Waals surface area contributed by atoms with Crippen LogP contribution in [-0.4, -0.2) is 30.9 Å². The third-order valence-electron chi connectivity index (χ3n) is 2.14. The molecule has 0 aromatic carbocycles. The van der Waals surface area contributed by atoms with Crippen molar-refractivity contribution in [3.8, 4) is 0 Å². The number of nitrogens with zero attached hydrogens (tertiary/aromatic N) is 1. The van der Waals surface area contributed by atoms with E-state index in [1.165, 1.54) is 25.8 Å². The summed E-state index contributed by atoms with van der Waals surface area (Å²) in [6.45, 7) is 3.61. The predicted molar refractivity (Wildman–Crippen MR) is 53.4 cm³/mol. The SMILES string of the molecule is CC1CCCCN1C.Cl.NC=O. The Hall–Kier alpha value is -0.280. The van der Waals surface area contributed by atoms with Gasteiger partial charge in [-0.2, -0.15) is 0 Å². The molecule has 1 unspecified atom stereocenters. The number of primary amides is 1.